The van der Waals surface area contributed by atoms with Crippen LogP contribution >= 0.6 is 0 Å². The molecule has 4 aromatic heterocycles. The van der Waals surface area contributed by atoms with Gasteiger partial charge in [0.25, 0.3) is 0 Å². The molecule has 0 bridgehead atoms. The second-order valence-electron chi connectivity index (χ2n) is 7.55. The Kier molecular flexibility index (Phi) is 5.45. The number of hydrogen-bond donors (Lipinski definition) is 0. The Hall–Kier alpha value is -3.52. The molecule has 0 spiro atoms. The van der Waals surface area contributed by atoms with E-state index < -0.39 is 0 Å². The molecule has 158 valence electrons. The first kappa shape index (κ1) is 19.4. The molecule has 0 unspecified atom stereocenters. The third kappa shape index (κ3) is 4.49. The normalized spacial score (nSPS) is 14.2. The monoisotopic (exact) mass is 416 g/mol. The fraction of sp³-hybridized carbons (Fsp3) is 0.304. The Balaban J connectivity index is 1.47. The maximum absolute atomic E-state index is 5.52. The fourth-order valence-electron chi connectivity index (χ4n) is 3.79. The Morgan fingerprint density at radius 1 is 1.00 bits per heavy atom. The molecule has 0 aromatic carbocycles. The van der Waals surface area contributed by atoms with Gasteiger partial charge in [-0.2, -0.15) is 0 Å². The first-order valence-corrected chi connectivity index (χ1v) is 10.4. The molecule has 1 fully saturated rings. The van der Waals surface area contributed by atoms with Crippen LogP contribution in [0.4, 0.5) is 5.82 Å². The number of morpholine rings is 1. The minimum absolute atomic E-state index is 0.592. The van der Waals surface area contributed by atoms with Crippen molar-refractivity contribution < 1.29 is 9.47 Å². The highest BCUT2D eigenvalue weighted by molar-refractivity contribution is 5.45. The van der Waals surface area contributed by atoms with E-state index in [1.54, 1.807) is 19.5 Å². The van der Waals surface area contributed by atoms with Gasteiger partial charge in [0.2, 0.25) is 0 Å². The Morgan fingerprint density at radius 2 is 1.90 bits per heavy atom. The number of ether oxygens (including phenoxy) is 2. The molecular weight excluding hydrogens is 392 g/mol. The molecule has 8 heteroatoms. The third-order valence-electron chi connectivity index (χ3n) is 5.36. The number of fused-ring (bicyclic) bond motifs is 1. The van der Waals surface area contributed by atoms with Crippen LogP contribution in [0.2, 0.25) is 0 Å². The van der Waals surface area contributed by atoms with Crippen molar-refractivity contribution in [2.45, 2.75) is 12.8 Å². The lowest BCUT2D eigenvalue weighted by Gasteiger charge is -2.28. The van der Waals surface area contributed by atoms with Gasteiger partial charge in [0.05, 0.1) is 32.2 Å². The van der Waals surface area contributed by atoms with E-state index in [2.05, 4.69) is 33.1 Å². The van der Waals surface area contributed by atoms with Crippen LogP contribution in [-0.4, -0.2) is 57.7 Å². The second kappa shape index (κ2) is 8.69. The van der Waals surface area contributed by atoms with Gasteiger partial charge in [0.15, 0.2) is 0 Å². The summed E-state index contributed by atoms with van der Waals surface area (Å²) in [4.78, 5) is 20.7. The number of aromatic nitrogens is 5. The lowest BCUT2D eigenvalue weighted by Crippen LogP contribution is -2.37. The molecule has 1 saturated heterocycles. The summed E-state index contributed by atoms with van der Waals surface area (Å²) in [5, 5.41) is 0. The number of hydrogen-bond acceptors (Lipinski definition) is 7. The molecule has 0 aliphatic carbocycles. The maximum Gasteiger partial charge on any atom is 0.137 e. The molecule has 5 rings (SSSR count). The highest BCUT2D eigenvalue weighted by Gasteiger charge is 2.16. The lowest BCUT2D eigenvalue weighted by atomic mass is 10.1. The number of imidazole rings is 1. The molecule has 8 nitrogen and oxygen atoms in total. The number of anilines is 1. The third-order valence-corrected chi connectivity index (χ3v) is 5.36. The number of rotatable bonds is 6. The summed E-state index contributed by atoms with van der Waals surface area (Å²) >= 11 is 0. The van der Waals surface area contributed by atoms with E-state index in [4.69, 9.17) is 19.4 Å². The number of pyridine rings is 2. The fourth-order valence-corrected chi connectivity index (χ4v) is 3.79. The molecule has 0 saturated carbocycles. The highest BCUT2D eigenvalue weighted by atomic mass is 16.5. The summed E-state index contributed by atoms with van der Waals surface area (Å²) in [6.45, 7) is 3.09. The van der Waals surface area contributed by atoms with Gasteiger partial charge in [0.1, 0.15) is 23.0 Å². The summed E-state index contributed by atoms with van der Waals surface area (Å²) in [7, 11) is 1.64. The summed E-state index contributed by atoms with van der Waals surface area (Å²) in [5.74, 6) is 2.45. The minimum atomic E-state index is 0.592. The van der Waals surface area contributed by atoms with Crippen molar-refractivity contribution in [3.05, 3.63) is 77.9 Å². The van der Waals surface area contributed by atoms with Crippen LogP contribution in [0.25, 0.3) is 5.65 Å². The number of methoxy groups -OCH3 is 1. The highest BCUT2D eigenvalue weighted by Crippen LogP contribution is 2.20. The Morgan fingerprint density at radius 3 is 2.77 bits per heavy atom. The van der Waals surface area contributed by atoms with E-state index in [9.17, 15) is 0 Å². The van der Waals surface area contributed by atoms with E-state index in [1.165, 1.54) is 5.56 Å². The van der Waals surface area contributed by atoms with Gasteiger partial charge >= 0.3 is 0 Å². The van der Waals surface area contributed by atoms with Crippen molar-refractivity contribution in [1.82, 2.24) is 24.3 Å². The zero-order chi connectivity index (χ0) is 21.0. The van der Waals surface area contributed by atoms with Crippen molar-refractivity contribution in [3.8, 4) is 5.75 Å². The molecule has 0 amide bonds. The van der Waals surface area contributed by atoms with E-state index in [-0.39, 0.29) is 0 Å². The molecule has 1 aliphatic heterocycles. The van der Waals surface area contributed by atoms with Crippen LogP contribution in [0.3, 0.4) is 0 Å². The largest absolute Gasteiger partial charge is 0.495 e. The molecule has 0 atom stereocenters. The van der Waals surface area contributed by atoms with Gasteiger partial charge < -0.3 is 18.8 Å². The molecule has 4 aromatic rings. The zero-order valence-corrected chi connectivity index (χ0v) is 17.4. The van der Waals surface area contributed by atoms with Crippen molar-refractivity contribution >= 4 is 11.5 Å². The second-order valence-corrected chi connectivity index (χ2v) is 7.55. The van der Waals surface area contributed by atoms with E-state index in [0.717, 1.165) is 47.4 Å². The first-order chi connectivity index (χ1) is 15.3. The van der Waals surface area contributed by atoms with Crippen molar-refractivity contribution in [2.24, 2.45) is 0 Å². The van der Waals surface area contributed by atoms with Gasteiger partial charge in [-0.1, -0.05) is 0 Å². The van der Waals surface area contributed by atoms with E-state index in [1.807, 2.05) is 29.1 Å². The Labute approximate surface area is 180 Å². The average molecular weight is 416 g/mol. The topological polar surface area (TPSA) is 77.7 Å². The summed E-state index contributed by atoms with van der Waals surface area (Å²) in [6.07, 6.45) is 10.6. The van der Waals surface area contributed by atoms with Gasteiger partial charge in [0, 0.05) is 56.8 Å². The predicted octanol–water partition coefficient (Wildman–Crippen LogP) is 2.55. The van der Waals surface area contributed by atoms with Gasteiger partial charge in [-0.3, -0.25) is 4.98 Å². The molecular formula is C23H24N6O2. The standard InChI is InChI=1S/C23H24N6O2/c1-30-20-11-18(15-24-16-20)12-21-26-19(14-23(27-21)29-6-8-31-9-7-29)10-17-2-4-28-5-3-25-22(28)13-17/h2-5,11,13-16H,6-10,12H2,1H3. The quantitative estimate of drug-likeness (QED) is 0.478. The van der Waals surface area contributed by atoms with Crippen molar-refractivity contribution in [1.29, 1.82) is 0 Å². The lowest BCUT2D eigenvalue weighted by molar-refractivity contribution is 0.122. The minimum Gasteiger partial charge on any atom is -0.495 e. The summed E-state index contributed by atoms with van der Waals surface area (Å²) in [6, 6.07) is 8.27. The maximum atomic E-state index is 5.52. The SMILES string of the molecule is COc1cncc(Cc2nc(Cc3ccn4ccnc4c3)cc(N3CCOCC3)n2)c1. The van der Waals surface area contributed by atoms with Crippen LogP contribution in [0.1, 0.15) is 22.6 Å². The van der Waals surface area contributed by atoms with Crippen molar-refractivity contribution in [2.75, 3.05) is 38.3 Å². The molecule has 1 aliphatic rings. The van der Waals surface area contributed by atoms with Crippen LogP contribution in [0.5, 0.6) is 5.75 Å². The molecule has 0 radical (unpaired) electrons. The summed E-state index contributed by atoms with van der Waals surface area (Å²) in [5.41, 5.74) is 4.10. The van der Waals surface area contributed by atoms with Crippen LogP contribution in [0, 0.1) is 0 Å². The smallest absolute Gasteiger partial charge is 0.137 e. The van der Waals surface area contributed by atoms with Gasteiger partial charge in [-0.05, 0) is 29.3 Å². The first-order valence-electron chi connectivity index (χ1n) is 10.4. The molecule has 31 heavy (non-hydrogen) atoms. The van der Waals surface area contributed by atoms with Crippen LogP contribution in [-0.2, 0) is 17.6 Å². The summed E-state index contributed by atoms with van der Waals surface area (Å²) < 4.78 is 12.8. The zero-order valence-electron chi connectivity index (χ0n) is 17.4. The van der Waals surface area contributed by atoms with Gasteiger partial charge in [-0.15, -0.1) is 0 Å². The van der Waals surface area contributed by atoms with Crippen LogP contribution < -0.4 is 9.64 Å². The molecule has 5 heterocycles. The van der Waals surface area contributed by atoms with E-state index >= 15 is 0 Å². The van der Waals surface area contributed by atoms with Crippen LogP contribution in [0.15, 0.2) is 55.2 Å². The number of nitrogens with zero attached hydrogens (tertiary/aromatic N) is 6. The predicted molar refractivity (Wildman–Crippen MR) is 117 cm³/mol. The van der Waals surface area contributed by atoms with E-state index in [0.29, 0.717) is 26.1 Å². The average Bonchev–Trinajstić information content (AvgIpc) is 3.27. The van der Waals surface area contributed by atoms with Crippen molar-refractivity contribution in [3.63, 3.8) is 0 Å². The van der Waals surface area contributed by atoms with Gasteiger partial charge in [-0.25, -0.2) is 15.0 Å². The molecule has 0 N–H and O–H groups in total. The Bertz CT molecular complexity index is 1190.